The Balaban J connectivity index is 1.32. The fourth-order valence-corrected chi connectivity index (χ4v) is 3.10. The number of unbranched alkanes of at least 4 members (excludes halogenated alkanes) is 1. The van der Waals surface area contributed by atoms with E-state index in [-0.39, 0.29) is 5.91 Å². The summed E-state index contributed by atoms with van der Waals surface area (Å²) < 4.78 is 11.1. The number of nitrogens with one attached hydrogen (secondary N) is 4. The highest BCUT2D eigenvalue weighted by atomic mass is 16.5. The smallest absolute Gasteiger partial charge is 0.251 e. The third kappa shape index (κ3) is 10.2. The van der Waals surface area contributed by atoms with Crippen molar-refractivity contribution < 1.29 is 14.3 Å². The first-order valence-electron chi connectivity index (χ1n) is 12.3. The van der Waals surface area contributed by atoms with Gasteiger partial charge in [0.1, 0.15) is 0 Å². The van der Waals surface area contributed by atoms with E-state index in [4.69, 9.17) is 9.47 Å². The van der Waals surface area contributed by atoms with Crippen LogP contribution in [0.2, 0.25) is 0 Å². The molecule has 2 aromatic carbocycles. The summed E-state index contributed by atoms with van der Waals surface area (Å²) in [7, 11) is 0. The van der Waals surface area contributed by atoms with Crippen molar-refractivity contribution in [3.63, 3.8) is 0 Å². The molecule has 1 heterocycles. The molecular formula is C26H35N7O3. The van der Waals surface area contributed by atoms with Gasteiger partial charge in [0.25, 0.3) is 5.91 Å². The van der Waals surface area contributed by atoms with Gasteiger partial charge >= 0.3 is 0 Å². The number of nitrogens with zero attached hydrogens (tertiary/aromatic N) is 3. The second kappa shape index (κ2) is 16.0. The number of ether oxygens (including phenoxy) is 2. The Morgan fingerprint density at radius 2 is 1.31 bits per heavy atom. The van der Waals surface area contributed by atoms with Crippen LogP contribution in [0, 0.1) is 0 Å². The fraction of sp³-hybridized carbons (Fsp3) is 0.385. The van der Waals surface area contributed by atoms with E-state index in [1.54, 1.807) is 12.1 Å². The lowest BCUT2D eigenvalue weighted by molar-refractivity contribution is 0.0519. The van der Waals surface area contributed by atoms with Crippen molar-refractivity contribution in [1.82, 2.24) is 20.3 Å². The predicted octanol–water partition coefficient (Wildman–Crippen LogP) is 3.70. The molecule has 0 saturated carbocycles. The predicted molar refractivity (Wildman–Crippen MR) is 142 cm³/mol. The highest BCUT2D eigenvalue weighted by Gasteiger charge is 2.07. The van der Waals surface area contributed by atoms with Gasteiger partial charge in [0.15, 0.2) is 0 Å². The summed E-state index contributed by atoms with van der Waals surface area (Å²) in [6, 6.07) is 18.9. The van der Waals surface area contributed by atoms with E-state index < -0.39 is 0 Å². The molecule has 0 spiro atoms. The molecule has 192 valence electrons. The third-order valence-electron chi connectivity index (χ3n) is 4.95. The van der Waals surface area contributed by atoms with Gasteiger partial charge < -0.3 is 30.7 Å². The Kier molecular flexibility index (Phi) is 11.9. The maximum Gasteiger partial charge on any atom is 0.251 e. The van der Waals surface area contributed by atoms with Crippen LogP contribution in [0.3, 0.4) is 0 Å². The first kappa shape index (κ1) is 26.8. The standard InChI is InChI=1S/C26H35N7O3/c1-2-3-14-28-24-31-25(33-26(32-24)30-22-12-8-5-9-13-22)29-16-18-36-20-19-35-17-15-27-23(34)21-10-6-4-7-11-21/h4-13H,2-3,14-20H2,1H3,(H,27,34)(H3,28,29,30,31,32,33). The number of hydrogen-bond donors (Lipinski definition) is 4. The Morgan fingerprint density at radius 3 is 1.97 bits per heavy atom. The Morgan fingerprint density at radius 1 is 0.722 bits per heavy atom. The van der Waals surface area contributed by atoms with Crippen molar-refractivity contribution in [2.24, 2.45) is 0 Å². The number of aromatic nitrogens is 3. The van der Waals surface area contributed by atoms with E-state index >= 15 is 0 Å². The molecule has 0 fully saturated rings. The molecule has 3 rings (SSSR count). The molecular weight excluding hydrogens is 458 g/mol. The number of carbonyl (C=O) groups is 1. The minimum Gasteiger partial charge on any atom is -0.377 e. The first-order valence-corrected chi connectivity index (χ1v) is 12.3. The molecule has 1 amide bonds. The van der Waals surface area contributed by atoms with Crippen LogP contribution in [-0.2, 0) is 9.47 Å². The lowest BCUT2D eigenvalue weighted by atomic mass is 10.2. The maximum atomic E-state index is 11.9. The third-order valence-corrected chi connectivity index (χ3v) is 4.95. The van der Waals surface area contributed by atoms with Crippen LogP contribution >= 0.6 is 0 Å². The fourth-order valence-electron chi connectivity index (χ4n) is 3.10. The summed E-state index contributed by atoms with van der Waals surface area (Å²) in [5.74, 6) is 1.35. The number of para-hydroxylation sites is 1. The highest BCUT2D eigenvalue weighted by molar-refractivity contribution is 5.94. The van der Waals surface area contributed by atoms with Gasteiger partial charge in [-0.2, -0.15) is 15.0 Å². The van der Waals surface area contributed by atoms with Crippen molar-refractivity contribution in [3.05, 3.63) is 66.2 Å². The Bertz CT molecular complexity index is 1020. The number of anilines is 4. The molecule has 3 aromatic rings. The summed E-state index contributed by atoms with van der Waals surface area (Å²) in [5.41, 5.74) is 1.54. The lowest BCUT2D eigenvalue weighted by Crippen LogP contribution is -2.27. The van der Waals surface area contributed by atoms with E-state index in [0.29, 0.717) is 62.9 Å². The van der Waals surface area contributed by atoms with Gasteiger partial charge in [0.05, 0.1) is 26.4 Å². The number of rotatable bonds is 17. The Hall–Kier alpha value is -3.76. The van der Waals surface area contributed by atoms with Gasteiger partial charge in [-0.25, -0.2) is 0 Å². The lowest BCUT2D eigenvalue weighted by Gasteiger charge is -2.11. The summed E-state index contributed by atoms with van der Waals surface area (Å²) in [5, 5.41) is 12.5. The van der Waals surface area contributed by atoms with E-state index in [9.17, 15) is 4.79 Å². The minimum atomic E-state index is -0.106. The molecule has 1 aromatic heterocycles. The number of amides is 1. The molecule has 0 aliphatic carbocycles. The van der Waals surface area contributed by atoms with E-state index in [1.807, 2.05) is 48.5 Å². The van der Waals surface area contributed by atoms with Crippen molar-refractivity contribution >= 4 is 29.4 Å². The van der Waals surface area contributed by atoms with Crippen LogP contribution < -0.4 is 21.3 Å². The quantitative estimate of drug-likeness (QED) is 0.208. The monoisotopic (exact) mass is 493 g/mol. The van der Waals surface area contributed by atoms with E-state index in [1.165, 1.54) is 0 Å². The zero-order valence-corrected chi connectivity index (χ0v) is 20.7. The molecule has 36 heavy (non-hydrogen) atoms. The molecule has 0 bridgehead atoms. The first-order chi connectivity index (χ1) is 17.7. The largest absolute Gasteiger partial charge is 0.377 e. The van der Waals surface area contributed by atoms with Crippen LogP contribution in [0.4, 0.5) is 23.5 Å². The van der Waals surface area contributed by atoms with Gasteiger partial charge in [0, 0.05) is 30.9 Å². The van der Waals surface area contributed by atoms with Crippen LogP contribution in [-0.4, -0.2) is 66.9 Å². The van der Waals surface area contributed by atoms with Gasteiger partial charge in [0.2, 0.25) is 17.8 Å². The van der Waals surface area contributed by atoms with Gasteiger partial charge in [-0.3, -0.25) is 4.79 Å². The Labute approximate surface area is 212 Å². The van der Waals surface area contributed by atoms with Crippen molar-refractivity contribution in [1.29, 1.82) is 0 Å². The van der Waals surface area contributed by atoms with E-state index in [2.05, 4.69) is 43.1 Å². The average Bonchev–Trinajstić information content (AvgIpc) is 2.91. The molecule has 0 aliphatic heterocycles. The summed E-state index contributed by atoms with van der Waals surface area (Å²) in [4.78, 5) is 25.3. The van der Waals surface area contributed by atoms with Crippen molar-refractivity contribution in [2.75, 3.05) is 62.0 Å². The summed E-state index contributed by atoms with van der Waals surface area (Å²) >= 11 is 0. The highest BCUT2D eigenvalue weighted by Crippen LogP contribution is 2.15. The van der Waals surface area contributed by atoms with Gasteiger partial charge in [-0.15, -0.1) is 0 Å². The second-order valence-corrected chi connectivity index (χ2v) is 7.85. The van der Waals surface area contributed by atoms with Crippen molar-refractivity contribution in [3.8, 4) is 0 Å². The van der Waals surface area contributed by atoms with Gasteiger partial charge in [-0.05, 0) is 30.7 Å². The zero-order valence-electron chi connectivity index (χ0n) is 20.7. The summed E-state index contributed by atoms with van der Waals surface area (Å²) in [6.45, 7) is 5.72. The van der Waals surface area contributed by atoms with Gasteiger partial charge in [-0.1, -0.05) is 49.7 Å². The van der Waals surface area contributed by atoms with Crippen LogP contribution in [0.1, 0.15) is 30.1 Å². The zero-order chi connectivity index (χ0) is 25.3. The molecule has 0 atom stereocenters. The van der Waals surface area contributed by atoms with Crippen molar-refractivity contribution in [2.45, 2.75) is 19.8 Å². The molecule has 0 saturated heterocycles. The van der Waals surface area contributed by atoms with Crippen LogP contribution in [0.25, 0.3) is 0 Å². The second-order valence-electron chi connectivity index (χ2n) is 7.85. The van der Waals surface area contributed by atoms with E-state index in [0.717, 1.165) is 25.1 Å². The van der Waals surface area contributed by atoms with Crippen LogP contribution in [0.5, 0.6) is 0 Å². The summed E-state index contributed by atoms with van der Waals surface area (Å²) in [6.07, 6.45) is 2.12. The normalized spacial score (nSPS) is 10.6. The number of carbonyl (C=O) groups excluding carboxylic acids is 1. The topological polar surface area (TPSA) is 122 Å². The SMILES string of the molecule is CCCCNc1nc(NCCOCCOCCNC(=O)c2ccccc2)nc(Nc2ccccc2)n1. The van der Waals surface area contributed by atoms with Crippen LogP contribution in [0.15, 0.2) is 60.7 Å². The number of hydrogen-bond acceptors (Lipinski definition) is 9. The molecule has 0 unspecified atom stereocenters. The molecule has 10 heteroatoms. The molecule has 0 aliphatic rings. The molecule has 4 N–H and O–H groups in total. The molecule has 0 radical (unpaired) electrons. The average molecular weight is 494 g/mol. The maximum absolute atomic E-state index is 11.9. The minimum absolute atomic E-state index is 0.106. The molecule has 10 nitrogen and oxygen atoms in total. The number of benzene rings is 2.